The number of aromatic nitrogens is 6. The van der Waals surface area contributed by atoms with Crippen molar-refractivity contribution in [3.8, 4) is 0 Å². The van der Waals surface area contributed by atoms with Gasteiger partial charge in [0.2, 0.25) is 23.8 Å². The second-order valence-corrected chi connectivity index (χ2v) is 15.1. The van der Waals surface area contributed by atoms with E-state index in [-0.39, 0.29) is 209 Å². The van der Waals surface area contributed by atoms with Crippen LogP contribution >= 0.6 is 24.1 Å². The van der Waals surface area contributed by atoms with E-state index in [4.69, 9.17) is 9.84 Å². The van der Waals surface area contributed by atoms with Crippen molar-refractivity contribution < 1.29 is 183 Å². The van der Waals surface area contributed by atoms with Crippen molar-refractivity contribution in [1.82, 2.24) is 29.9 Å². The van der Waals surface area contributed by atoms with Crippen LogP contribution in [0.15, 0.2) is 51.2 Å². The van der Waals surface area contributed by atoms with E-state index in [2.05, 4.69) is 74.9 Å². The van der Waals surface area contributed by atoms with Crippen LogP contribution in [0.2, 0.25) is 0 Å². The average Bonchev–Trinajstić information content (AvgIpc) is 3.15. The predicted octanol–water partition coefficient (Wildman–Crippen LogP) is -11.9. The van der Waals surface area contributed by atoms with E-state index >= 15 is 0 Å². The molecule has 0 radical (unpaired) electrons. The largest absolute Gasteiger partial charge is 1.00 e. The fraction of sp³-hybridized carbons (Fsp3) is 0.276. The monoisotopic (exact) mass is 977 g/mol. The van der Waals surface area contributed by atoms with Crippen molar-refractivity contribution in [3.05, 3.63) is 53.3 Å². The van der Waals surface area contributed by atoms with Crippen molar-refractivity contribution in [1.29, 1.82) is 0 Å². The summed E-state index contributed by atoms with van der Waals surface area (Å²) in [4.78, 5) is 28.6. The number of aliphatic hydroxyl groups is 1. The van der Waals surface area contributed by atoms with Crippen molar-refractivity contribution in [2.75, 3.05) is 65.7 Å². The van der Waals surface area contributed by atoms with Gasteiger partial charge in [-0.1, -0.05) is 24.3 Å². The molecule has 2 aromatic carbocycles. The number of aryl methyl sites for hydroxylation is 1. The Morgan fingerprint density at radius 2 is 1.35 bits per heavy atom. The normalized spacial score (nSPS) is 11.3. The molecule has 0 bridgehead atoms. The van der Waals surface area contributed by atoms with E-state index in [9.17, 15) is 36.5 Å². The van der Waals surface area contributed by atoms with Gasteiger partial charge in [0.15, 0.2) is 0 Å². The molecule has 0 atom stereocenters. The topological polar surface area (TPSA) is 365 Å². The molecule has 62 heavy (non-hydrogen) atoms. The molecular weight excluding hydrogens is 947 g/mol. The standard InChI is InChI=1S/C29H35N11O14S4.4Na/c1-18-33-25(31-9-14-55-53-51-42)38-28(34-18)36-22-7-5-20(24(17-22)58(47,48)49)3-2-19-4-6-21(16-23(19)56-54-52-43)35-29-39-26(30-8-12-50-13-11-41)37-27(40-29)32-10-15-57(44,45)46;;;;/h2-7,9,16-17,41-43H,8,10-15H2,1H3,(H,44,45,46)(H,47,48,49)(H,33,34,36,38)(H3,30,32,35,37,39,40);;;;/q;4*+1/p-4/b3-2?,31-9-;;;;. The smallest absolute Gasteiger partial charge is 0.748 e. The number of aliphatic imine (C=N–C) groups is 1. The van der Waals surface area contributed by atoms with Gasteiger partial charge in [-0.25, -0.2) is 21.8 Å². The molecular formula is C29H31N11Na4O14S4. The molecule has 33 heteroatoms. The molecule has 0 spiro atoms. The number of nitrogens with zero attached hydrogens (tertiary/aromatic N) is 7. The Bertz CT molecular complexity index is 2280. The van der Waals surface area contributed by atoms with Crippen molar-refractivity contribution in [3.63, 3.8) is 0 Å². The van der Waals surface area contributed by atoms with Crippen LogP contribution in [0.25, 0.3) is 12.2 Å². The minimum absolute atomic E-state index is 0. The van der Waals surface area contributed by atoms with E-state index < -0.39 is 30.9 Å². The summed E-state index contributed by atoms with van der Waals surface area (Å²) in [6.07, 6.45) is 4.13. The third-order valence-corrected chi connectivity index (χ3v) is 9.29. The van der Waals surface area contributed by atoms with Crippen LogP contribution in [-0.2, 0) is 43.7 Å². The Labute approximate surface area is 452 Å². The Hall–Kier alpha value is -0.730. The van der Waals surface area contributed by atoms with Crippen molar-refractivity contribution >= 4 is 104 Å². The van der Waals surface area contributed by atoms with Crippen LogP contribution in [0.3, 0.4) is 0 Å². The van der Waals surface area contributed by atoms with Gasteiger partial charge in [0, 0.05) is 47.6 Å². The molecule has 2 aromatic heterocycles. The van der Waals surface area contributed by atoms with Gasteiger partial charge in [-0.3, -0.25) is 10.1 Å². The molecule has 0 aliphatic heterocycles. The first-order chi connectivity index (χ1) is 27.8. The van der Waals surface area contributed by atoms with Gasteiger partial charge in [0.1, 0.15) is 15.9 Å². The summed E-state index contributed by atoms with van der Waals surface area (Å²) in [6, 6.07) is 8.49. The number of anilines is 6. The molecule has 0 unspecified atom stereocenters. The number of ether oxygens (including phenoxy) is 1. The van der Waals surface area contributed by atoms with Crippen LogP contribution in [0, 0.1) is 6.92 Å². The molecule has 25 nitrogen and oxygen atoms in total. The average molecular weight is 978 g/mol. The molecule has 0 amide bonds. The number of nitrogens with one attached hydrogen (secondary N) is 4. The summed E-state index contributed by atoms with van der Waals surface area (Å²) < 4.78 is 84.2. The Morgan fingerprint density at radius 3 is 1.98 bits per heavy atom. The number of hydrogen-bond donors (Lipinski definition) is 5. The quantitative estimate of drug-likeness (QED) is 0.00602. The zero-order chi connectivity index (χ0) is 42.0. The van der Waals surface area contributed by atoms with Crippen LogP contribution in [0.4, 0.5) is 41.1 Å². The first kappa shape index (κ1) is 61.3. The second-order valence-electron chi connectivity index (χ2n) is 10.8. The Kier molecular flexibility index (Phi) is 31.7. The van der Waals surface area contributed by atoms with Gasteiger partial charge in [-0.05, 0) is 42.3 Å². The summed E-state index contributed by atoms with van der Waals surface area (Å²) in [5, 5.41) is 47.5. The maximum Gasteiger partial charge on any atom is 1.00 e. The summed E-state index contributed by atoms with van der Waals surface area (Å²) in [6.45, 7) is 1.61. The molecule has 4 aromatic rings. The second kappa shape index (κ2) is 32.1. The van der Waals surface area contributed by atoms with Gasteiger partial charge in [0.25, 0.3) is 5.95 Å². The minimum Gasteiger partial charge on any atom is -0.748 e. The van der Waals surface area contributed by atoms with Crippen LogP contribution in [-0.4, -0.2) is 112 Å². The molecule has 0 fully saturated rings. The van der Waals surface area contributed by atoms with Crippen LogP contribution in [0.1, 0.15) is 17.0 Å². The SMILES string of the molecule is Cc1nc(/N=C\CSOO[O-])nc(Nc2ccc(C=Cc3ccc(Nc4nc(NCCOCCO)nc(NCCS(=O)(=O)[O-])n4)cc3SOO[O-])c(S(=O)(=O)[O-])c2)n1.[Na+].[Na+].[Na+].[Na+]. The first-order valence-electron chi connectivity index (χ1n) is 16.0. The maximum atomic E-state index is 12.4. The zero-order valence-electron chi connectivity index (χ0n) is 33.7. The van der Waals surface area contributed by atoms with E-state index in [1.54, 1.807) is 19.1 Å². The predicted molar refractivity (Wildman–Crippen MR) is 201 cm³/mol. The van der Waals surface area contributed by atoms with E-state index in [1.165, 1.54) is 36.6 Å². The van der Waals surface area contributed by atoms with Gasteiger partial charge < -0.3 is 50.7 Å². The van der Waals surface area contributed by atoms with Gasteiger partial charge in [-0.15, -0.1) is 0 Å². The number of benzene rings is 2. The summed E-state index contributed by atoms with van der Waals surface area (Å²) in [5.41, 5.74) is 0.825. The van der Waals surface area contributed by atoms with Crippen LogP contribution in [0.5, 0.6) is 0 Å². The Morgan fingerprint density at radius 1 is 0.758 bits per heavy atom. The first-order valence-corrected chi connectivity index (χ1v) is 20.7. The number of aliphatic hydroxyl groups excluding tert-OH is 1. The molecule has 4 rings (SSSR count). The van der Waals surface area contributed by atoms with E-state index in [0.29, 0.717) is 35.3 Å². The summed E-state index contributed by atoms with van der Waals surface area (Å²) >= 11 is 1.17. The fourth-order valence-corrected chi connectivity index (χ4v) is 6.12. The third-order valence-electron chi connectivity index (χ3n) is 6.60. The number of rotatable bonds is 25. The number of hydrogen-bond acceptors (Lipinski definition) is 27. The molecule has 0 saturated carbocycles. The summed E-state index contributed by atoms with van der Waals surface area (Å²) in [5.74, 6) is -0.486. The fourth-order valence-electron chi connectivity index (χ4n) is 4.33. The molecule has 314 valence electrons. The van der Waals surface area contributed by atoms with Crippen molar-refractivity contribution in [2.45, 2.75) is 16.7 Å². The molecule has 5 N–H and O–H groups in total. The maximum absolute atomic E-state index is 12.4. The molecule has 0 saturated heterocycles. The van der Waals surface area contributed by atoms with E-state index in [1.807, 2.05) is 0 Å². The third kappa shape index (κ3) is 23.1. The molecule has 0 aliphatic carbocycles. The van der Waals surface area contributed by atoms with Gasteiger partial charge >= 0.3 is 118 Å². The Balaban J connectivity index is 0.00000930. The molecule has 0 aliphatic rings. The van der Waals surface area contributed by atoms with Gasteiger partial charge in [0.05, 0.1) is 58.4 Å². The zero-order valence-corrected chi connectivity index (χ0v) is 44.9. The van der Waals surface area contributed by atoms with Gasteiger partial charge in [-0.2, -0.15) is 38.6 Å². The summed E-state index contributed by atoms with van der Waals surface area (Å²) in [7, 11) is -9.57. The molecule has 2 heterocycles. The minimum atomic E-state index is -5.04. The van der Waals surface area contributed by atoms with E-state index in [0.717, 1.165) is 6.07 Å². The van der Waals surface area contributed by atoms with Crippen molar-refractivity contribution in [2.24, 2.45) is 4.99 Å². The van der Waals surface area contributed by atoms with Crippen LogP contribution < -0.4 is 150 Å².